The molecule has 2 N–H and O–H groups in total. The molecule has 2 aromatic rings. The van der Waals surface area contributed by atoms with Gasteiger partial charge in [-0.15, -0.1) is 0 Å². The van der Waals surface area contributed by atoms with Gasteiger partial charge in [-0.3, -0.25) is 0 Å². The van der Waals surface area contributed by atoms with Gasteiger partial charge in [0.1, 0.15) is 18.1 Å². The van der Waals surface area contributed by atoms with Crippen LogP contribution in [0.1, 0.15) is 17.9 Å². The Morgan fingerprint density at radius 2 is 1.74 bits per heavy atom. The Labute approximate surface area is 122 Å². The molecule has 0 amide bonds. The Morgan fingerprint density at radius 1 is 1.05 bits per heavy atom. The number of benzene rings is 1. The summed E-state index contributed by atoms with van der Waals surface area (Å²) < 4.78 is 11.2. The summed E-state index contributed by atoms with van der Waals surface area (Å²) in [6.07, 6.45) is 1.74. The lowest BCUT2D eigenvalue weighted by Crippen LogP contribution is -1.99. The van der Waals surface area contributed by atoms with Crippen molar-refractivity contribution in [3.63, 3.8) is 0 Å². The Hall–Kier alpha value is -1.16. The van der Waals surface area contributed by atoms with Crippen LogP contribution in [-0.4, -0.2) is 6.54 Å². The summed E-state index contributed by atoms with van der Waals surface area (Å²) in [5.74, 6) is 2.13. The summed E-state index contributed by atoms with van der Waals surface area (Å²) in [7, 11) is 0. The van der Waals surface area contributed by atoms with E-state index in [9.17, 15) is 0 Å². The van der Waals surface area contributed by atoms with Crippen LogP contribution in [-0.2, 0) is 13.0 Å². The van der Waals surface area contributed by atoms with Gasteiger partial charge in [0, 0.05) is 6.42 Å². The SMILES string of the molecule is NCCCc1ccc(COc2c(Cl)cccc2Cl)o1. The van der Waals surface area contributed by atoms with Crippen LogP contribution in [0.25, 0.3) is 0 Å². The minimum Gasteiger partial charge on any atom is -0.483 e. The first-order valence-corrected chi connectivity index (χ1v) is 6.80. The van der Waals surface area contributed by atoms with E-state index in [4.69, 9.17) is 38.1 Å². The molecule has 0 atom stereocenters. The first-order chi connectivity index (χ1) is 9.20. The fourth-order valence-electron chi connectivity index (χ4n) is 1.67. The number of aryl methyl sites for hydroxylation is 1. The van der Waals surface area contributed by atoms with Crippen LogP contribution in [0, 0.1) is 0 Å². The second-order valence-corrected chi connectivity index (χ2v) is 4.91. The Morgan fingerprint density at radius 3 is 2.42 bits per heavy atom. The molecule has 0 saturated carbocycles. The van der Waals surface area contributed by atoms with Crippen molar-refractivity contribution in [2.45, 2.75) is 19.4 Å². The van der Waals surface area contributed by atoms with Gasteiger partial charge in [0.2, 0.25) is 0 Å². The first kappa shape index (κ1) is 14.3. The third-order valence-electron chi connectivity index (χ3n) is 2.62. The van der Waals surface area contributed by atoms with E-state index in [2.05, 4.69) is 0 Å². The molecule has 2 rings (SSSR count). The van der Waals surface area contributed by atoms with Gasteiger partial charge in [-0.25, -0.2) is 0 Å². The molecule has 0 aliphatic rings. The lowest BCUT2D eigenvalue weighted by molar-refractivity contribution is 0.266. The average Bonchev–Trinajstić information content (AvgIpc) is 2.84. The molecule has 1 aromatic heterocycles. The standard InChI is InChI=1S/C14H15Cl2NO2/c15-12-4-1-5-13(16)14(12)18-9-11-7-6-10(19-11)3-2-8-17/h1,4-7H,2-3,8-9,17H2. The highest BCUT2D eigenvalue weighted by Gasteiger charge is 2.08. The average molecular weight is 300 g/mol. The molecular formula is C14H15Cl2NO2. The van der Waals surface area contributed by atoms with Crippen LogP contribution >= 0.6 is 23.2 Å². The molecule has 3 nitrogen and oxygen atoms in total. The smallest absolute Gasteiger partial charge is 0.157 e. The number of hydrogen-bond acceptors (Lipinski definition) is 3. The number of halogens is 2. The van der Waals surface area contributed by atoms with Crippen molar-refractivity contribution < 1.29 is 9.15 Å². The van der Waals surface area contributed by atoms with E-state index >= 15 is 0 Å². The molecule has 1 aromatic carbocycles. The van der Waals surface area contributed by atoms with Gasteiger partial charge in [0.15, 0.2) is 5.75 Å². The monoisotopic (exact) mass is 299 g/mol. The van der Waals surface area contributed by atoms with Crippen LogP contribution in [0.4, 0.5) is 0 Å². The van der Waals surface area contributed by atoms with E-state index in [0.717, 1.165) is 24.4 Å². The van der Waals surface area contributed by atoms with Gasteiger partial charge in [-0.1, -0.05) is 29.3 Å². The summed E-state index contributed by atoms with van der Waals surface area (Å²) in [5.41, 5.74) is 5.46. The second-order valence-electron chi connectivity index (χ2n) is 4.10. The second kappa shape index (κ2) is 6.85. The molecule has 0 spiro atoms. The minimum atomic E-state index is 0.298. The molecule has 0 fully saturated rings. The molecule has 102 valence electrons. The molecule has 0 saturated heterocycles. The molecule has 0 unspecified atom stereocenters. The molecule has 0 bridgehead atoms. The number of furan rings is 1. The van der Waals surface area contributed by atoms with Crippen LogP contribution in [0.3, 0.4) is 0 Å². The number of ether oxygens (including phenoxy) is 1. The zero-order chi connectivity index (χ0) is 13.7. The van der Waals surface area contributed by atoms with E-state index in [1.54, 1.807) is 18.2 Å². The summed E-state index contributed by atoms with van der Waals surface area (Å²) >= 11 is 12.0. The van der Waals surface area contributed by atoms with Crippen molar-refractivity contribution in [2.24, 2.45) is 5.73 Å². The number of para-hydroxylation sites is 1. The van der Waals surface area contributed by atoms with Gasteiger partial charge in [0.05, 0.1) is 10.0 Å². The topological polar surface area (TPSA) is 48.4 Å². The Balaban J connectivity index is 1.97. The highest BCUT2D eigenvalue weighted by atomic mass is 35.5. The Kier molecular flexibility index (Phi) is 5.14. The molecule has 0 aliphatic heterocycles. The van der Waals surface area contributed by atoms with Gasteiger partial charge in [-0.2, -0.15) is 0 Å². The minimum absolute atomic E-state index is 0.298. The predicted molar refractivity (Wildman–Crippen MR) is 76.9 cm³/mol. The number of nitrogens with two attached hydrogens (primary N) is 1. The number of rotatable bonds is 6. The summed E-state index contributed by atoms with van der Waals surface area (Å²) in [6.45, 7) is 0.952. The number of hydrogen-bond donors (Lipinski definition) is 1. The van der Waals surface area contributed by atoms with E-state index in [1.165, 1.54) is 0 Å². The first-order valence-electron chi connectivity index (χ1n) is 6.05. The van der Waals surface area contributed by atoms with Crippen molar-refractivity contribution >= 4 is 23.2 Å². The predicted octanol–water partition coefficient (Wildman–Crippen LogP) is 4.06. The Bertz CT molecular complexity index is 520. The van der Waals surface area contributed by atoms with Crippen molar-refractivity contribution in [3.8, 4) is 5.75 Å². The third-order valence-corrected chi connectivity index (χ3v) is 3.22. The van der Waals surface area contributed by atoms with Crippen LogP contribution in [0.2, 0.25) is 10.0 Å². The van der Waals surface area contributed by atoms with Crippen molar-refractivity contribution in [2.75, 3.05) is 6.54 Å². The van der Waals surface area contributed by atoms with Crippen LogP contribution in [0.5, 0.6) is 5.75 Å². The maximum atomic E-state index is 6.02. The van der Waals surface area contributed by atoms with E-state index in [0.29, 0.717) is 28.9 Å². The summed E-state index contributed by atoms with van der Waals surface area (Å²) in [4.78, 5) is 0. The van der Waals surface area contributed by atoms with E-state index in [-0.39, 0.29) is 0 Å². The maximum absolute atomic E-state index is 6.02. The van der Waals surface area contributed by atoms with Gasteiger partial charge < -0.3 is 14.9 Å². The normalized spacial score (nSPS) is 10.7. The molecule has 0 radical (unpaired) electrons. The molecular weight excluding hydrogens is 285 g/mol. The van der Waals surface area contributed by atoms with Gasteiger partial charge >= 0.3 is 0 Å². The maximum Gasteiger partial charge on any atom is 0.157 e. The highest BCUT2D eigenvalue weighted by molar-refractivity contribution is 6.37. The lowest BCUT2D eigenvalue weighted by atomic mass is 10.2. The lowest BCUT2D eigenvalue weighted by Gasteiger charge is -2.08. The molecule has 5 heteroatoms. The van der Waals surface area contributed by atoms with Gasteiger partial charge in [-0.05, 0) is 37.2 Å². The summed E-state index contributed by atoms with van der Waals surface area (Å²) in [5, 5.41) is 0.977. The summed E-state index contributed by atoms with van der Waals surface area (Å²) in [6, 6.07) is 9.06. The van der Waals surface area contributed by atoms with Crippen molar-refractivity contribution in [3.05, 3.63) is 51.9 Å². The third kappa shape index (κ3) is 3.90. The van der Waals surface area contributed by atoms with Crippen LogP contribution < -0.4 is 10.5 Å². The quantitative estimate of drug-likeness (QED) is 0.875. The molecule has 19 heavy (non-hydrogen) atoms. The van der Waals surface area contributed by atoms with Crippen LogP contribution in [0.15, 0.2) is 34.7 Å². The van der Waals surface area contributed by atoms with E-state index in [1.807, 2.05) is 12.1 Å². The van der Waals surface area contributed by atoms with Crippen molar-refractivity contribution in [1.29, 1.82) is 0 Å². The molecule has 0 aliphatic carbocycles. The van der Waals surface area contributed by atoms with E-state index < -0.39 is 0 Å². The zero-order valence-corrected chi connectivity index (χ0v) is 11.9. The highest BCUT2D eigenvalue weighted by Crippen LogP contribution is 2.33. The van der Waals surface area contributed by atoms with Gasteiger partial charge in [0.25, 0.3) is 0 Å². The largest absolute Gasteiger partial charge is 0.483 e. The zero-order valence-electron chi connectivity index (χ0n) is 10.4. The fourth-order valence-corrected chi connectivity index (χ4v) is 2.18. The molecule has 1 heterocycles. The van der Waals surface area contributed by atoms with Crippen molar-refractivity contribution in [1.82, 2.24) is 0 Å². The fraction of sp³-hybridized carbons (Fsp3) is 0.286.